The van der Waals surface area contributed by atoms with Crippen LogP contribution < -0.4 is 15.0 Å². The minimum absolute atomic E-state index is 0.0665. The molecule has 1 aromatic heterocycles. The first kappa shape index (κ1) is 23.8. The quantitative estimate of drug-likeness (QED) is 0.553. The number of rotatable bonds is 6. The van der Waals surface area contributed by atoms with Gasteiger partial charge in [-0.3, -0.25) is 4.79 Å². The normalized spacial score (nSPS) is 18.0. The molecule has 0 radical (unpaired) electrons. The highest BCUT2D eigenvalue weighted by atomic mass is 32.2. The van der Waals surface area contributed by atoms with Crippen LogP contribution in [0.4, 0.5) is 0 Å². The lowest BCUT2D eigenvalue weighted by Crippen LogP contribution is -2.38. The van der Waals surface area contributed by atoms with Crippen molar-refractivity contribution in [2.75, 3.05) is 19.9 Å². The first-order valence-electron chi connectivity index (χ1n) is 11.8. The van der Waals surface area contributed by atoms with Crippen molar-refractivity contribution in [1.29, 1.82) is 0 Å². The zero-order valence-electron chi connectivity index (χ0n) is 20.2. The van der Waals surface area contributed by atoms with Crippen molar-refractivity contribution in [3.8, 4) is 11.5 Å². The number of pyridine rings is 1. The Labute approximate surface area is 204 Å². The number of aromatic amines is 1. The van der Waals surface area contributed by atoms with Crippen molar-refractivity contribution in [3.05, 3.63) is 63.9 Å². The Morgan fingerprint density at radius 3 is 2.43 bits per heavy atom. The summed E-state index contributed by atoms with van der Waals surface area (Å²) < 4.78 is 45.4. The monoisotopic (exact) mass is 498 g/mol. The molecule has 3 heterocycles. The van der Waals surface area contributed by atoms with Crippen LogP contribution in [0.5, 0.6) is 11.5 Å². The van der Waals surface area contributed by atoms with Crippen LogP contribution in [0.25, 0.3) is 10.9 Å². The summed E-state index contributed by atoms with van der Waals surface area (Å²) in [5.74, 6) is 1.17. The highest BCUT2D eigenvalue weighted by molar-refractivity contribution is 7.89. The smallest absolute Gasteiger partial charge is 0.252 e. The molecule has 1 saturated heterocycles. The van der Waals surface area contributed by atoms with Crippen molar-refractivity contribution < 1.29 is 22.6 Å². The number of hydrogen-bond donors (Lipinski definition) is 1. The van der Waals surface area contributed by atoms with Crippen LogP contribution in [0.1, 0.15) is 44.7 Å². The molecule has 2 aliphatic heterocycles. The fourth-order valence-electron chi connectivity index (χ4n) is 4.49. The van der Waals surface area contributed by atoms with Gasteiger partial charge < -0.3 is 19.2 Å². The molecule has 1 fully saturated rings. The van der Waals surface area contributed by atoms with Crippen LogP contribution in [0.15, 0.2) is 52.2 Å². The molecular weight excluding hydrogens is 468 g/mol. The Hall–Kier alpha value is -2.88. The molecule has 9 heteroatoms. The maximum Gasteiger partial charge on any atom is 0.252 e. The minimum atomic E-state index is -3.87. The molecule has 8 nitrogen and oxygen atoms in total. The number of benzene rings is 2. The van der Waals surface area contributed by atoms with E-state index in [2.05, 4.69) is 25.8 Å². The number of sulfonamides is 1. The van der Waals surface area contributed by atoms with E-state index in [1.165, 1.54) is 4.31 Å². The molecule has 186 valence electrons. The zero-order chi connectivity index (χ0) is 24.8. The SMILES string of the molecule is CC(C)(C)c1ccc(S(=O)(=O)N(Cc2cc3cc4c(cc3[nH]c2=O)OCO4)C[C@@H]2CCCO2)cc1. The number of H-pyrrole nitrogens is 1. The number of ether oxygens (including phenoxy) is 3. The maximum absolute atomic E-state index is 13.7. The number of aromatic nitrogens is 1. The van der Waals surface area contributed by atoms with Gasteiger partial charge in [-0.1, -0.05) is 32.9 Å². The van der Waals surface area contributed by atoms with E-state index >= 15 is 0 Å². The average Bonchev–Trinajstić information content (AvgIpc) is 3.49. The van der Waals surface area contributed by atoms with E-state index < -0.39 is 10.0 Å². The molecule has 1 atom stereocenters. The Balaban J connectivity index is 1.50. The van der Waals surface area contributed by atoms with Crippen LogP contribution in [0.3, 0.4) is 0 Å². The molecule has 1 N–H and O–H groups in total. The van der Waals surface area contributed by atoms with Crippen LogP contribution in [0.2, 0.25) is 0 Å². The van der Waals surface area contributed by atoms with Gasteiger partial charge >= 0.3 is 0 Å². The fourth-order valence-corrected chi connectivity index (χ4v) is 5.94. The molecular formula is C26H30N2O6S. The standard InChI is InChI=1S/C26H30N2O6S/c1-26(2,3)19-6-8-21(9-7-19)35(30,31)28(15-20-5-4-10-32-20)14-18-11-17-12-23-24(34-16-33-23)13-22(17)27-25(18)29/h6-9,11-13,20H,4-5,10,14-16H2,1-3H3,(H,27,29)/t20-/m0/s1. The topological polar surface area (TPSA) is 97.9 Å². The predicted octanol–water partition coefficient (Wildman–Crippen LogP) is 3.92. The fraction of sp³-hybridized carbons (Fsp3) is 0.423. The highest BCUT2D eigenvalue weighted by Gasteiger charge is 2.30. The van der Waals surface area contributed by atoms with E-state index in [0.29, 0.717) is 29.2 Å². The van der Waals surface area contributed by atoms with Gasteiger partial charge in [0, 0.05) is 36.7 Å². The second-order valence-corrected chi connectivity index (χ2v) is 12.1. The largest absolute Gasteiger partial charge is 0.454 e. The Kier molecular flexibility index (Phi) is 6.11. The summed E-state index contributed by atoms with van der Waals surface area (Å²) in [4.78, 5) is 16.0. The van der Waals surface area contributed by atoms with E-state index in [0.717, 1.165) is 23.8 Å². The summed E-state index contributed by atoms with van der Waals surface area (Å²) >= 11 is 0. The molecule has 35 heavy (non-hydrogen) atoms. The van der Waals surface area contributed by atoms with E-state index in [1.54, 1.807) is 30.3 Å². The zero-order valence-corrected chi connectivity index (χ0v) is 21.0. The molecule has 0 amide bonds. The molecule has 0 aliphatic carbocycles. The third kappa shape index (κ3) is 4.80. The third-order valence-corrected chi connectivity index (χ3v) is 8.38. The third-order valence-electron chi connectivity index (χ3n) is 6.55. The average molecular weight is 499 g/mol. The number of hydrogen-bond acceptors (Lipinski definition) is 6. The predicted molar refractivity (Wildman–Crippen MR) is 132 cm³/mol. The van der Waals surface area contributed by atoms with E-state index in [1.807, 2.05) is 12.1 Å². The second kappa shape index (κ2) is 8.96. The van der Waals surface area contributed by atoms with Crippen molar-refractivity contribution in [2.45, 2.75) is 56.6 Å². The van der Waals surface area contributed by atoms with Crippen molar-refractivity contribution >= 4 is 20.9 Å². The number of fused-ring (bicyclic) bond motifs is 2. The molecule has 5 rings (SSSR count). The van der Waals surface area contributed by atoms with Crippen molar-refractivity contribution in [2.24, 2.45) is 0 Å². The van der Waals surface area contributed by atoms with Gasteiger partial charge in [0.1, 0.15) is 0 Å². The van der Waals surface area contributed by atoms with E-state index in [-0.39, 0.29) is 41.9 Å². The molecule has 3 aromatic rings. The molecule has 2 aliphatic rings. The van der Waals surface area contributed by atoms with Crippen LogP contribution >= 0.6 is 0 Å². The Morgan fingerprint density at radius 2 is 1.77 bits per heavy atom. The molecule has 2 aromatic carbocycles. The Morgan fingerprint density at radius 1 is 1.06 bits per heavy atom. The second-order valence-electron chi connectivity index (χ2n) is 10.1. The van der Waals surface area contributed by atoms with Crippen LogP contribution in [-0.4, -0.2) is 43.8 Å². The van der Waals surface area contributed by atoms with Crippen LogP contribution in [-0.2, 0) is 26.7 Å². The first-order chi connectivity index (χ1) is 16.6. The minimum Gasteiger partial charge on any atom is -0.454 e. The number of nitrogens with one attached hydrogen (secondary N) is 1. The summed E-state index contributed by atoms with van der Waals surface area (Å²) in [6.07, 6.45) is 1.47. The number of nitrogens with zero attached hydrogens (tertiary/aromatic N) is 1. The summed E-state index contributed by atoms with van der Waals surface area (Å²) in [5.41, 5.74) is 1.57. The van der Waals surface area contributed by atoms with Crippen molar-refractivity contribution in [3.63, 3.8) is 0 Å². The van der Waals surface area contributed by atoms with Gasteiger partial charge in [-0.05, 0) is 48.1 Å². The summed E-state index contributed by atoms with van der Waals surface area (Å²) in [6.45, 7) is 7.11. The van der Waals surface area contributed by atoms with Gasteiger partial charge in [0.25, 0.3) is 5.56 Å². The molecule has 0 unspecified atom stereocenters. The lowest BCUT2D eigenvalue weighted by Gasteiger charge is -2.25. The highest BCUT2D eigenvalue weighted by Crippen LogP contribution is 2.35. The molecule has 0 saturated carbocycles. The van der Waals surface area contributed by atoms with E-state index in [4.69, 9.17) is 14.2 Å². The summed E-state index contributed by atoms with van der Waals surface area (Å²) in [6, 6.07) is 12.2. The van der Waals surface area contributed by atoms with Crippen molar-refractivity contribution in [1.82, 2.24) is 9.29 Å². The van der Waals surface area contributed by atoms with Gasteiger partial charge in [-0.2, -0.15) is 4.31 Å². The summed E-state index contributed by atoms with van der Waals surface area (Å²) in [7, 11) is -3.87. The van der Waals surface area contributed by atoms with Gasteiger partial charge in [0.2, 0.25) is 16.8 Å². The maximum atomic E-state index is 13.7. The van der Waals surface area contributed by atoms with E-state index in [9.17, 15) is 13.2 Å². The van der Waals surface area contributed by atoms with Gasteiger partial charge in [-0.15, -0.1) is 0 Å². The molecule has 0 spiro atoms. The lowest BCUT2D eigenvalue weighted by molar-refractivity contribution is 0.0925. The first-order valence-corrected chi connectivity index (χ1v) is 13.2. The summed E-state index contributed by atoms with van der Waals surface area (Å²) in [5, 5.41) is 0.743. The molecule has 0 bridgehead atoms. The lowest BCUT2D eigenvalue weighted by atomic mass is 9.87. The Bertz CT molecular complexity index is 1400. The van der Waals surface area contributed by atoms with Gasteiger partial charge in [0.15, 0.2) is 11.5 Å². The van der Waals surface area contributed by atoms with Crippen LogP contribution in [0, 0.1) is 0 Å². The van der Waals surface area contributed by atoms with Gasteiger partial charge in [0.05, 0.1) is 16.5 Å². The van der Waals surface area contributed by atoms with Gasteiger partial charge in [-0.25, -0.2) is 8.42 Å².